The highest BCUT2D eigenvalue weighted by molar-refractivity contribution is 4.87. The molecule has 0 aliphatic carbocycles. The Labute approximate surface area is 108 Å². The van der Waals surface area contributed by atoms with Crippen molar-refractivity contribution in [3.8, 4) is 0 Å². The molecule has 0 radical (unpaired) electrons. The summed E-state index contributed by atoms with van der Waals surface area (Å²) in [6.07, 6.45) is 1.18. The summed E-state index contributed by atoms with van der Waals surface area (Å²) in [5.41, 5.74) is 0.284. The summed E-state index contributed by atoms with van der Waals surface area (Å²) in [6, 6.07) is 0.731. The maximum absolute atomic E-state index is 3.64. The third-order valence-corrected chi connectivity index (χ3v) is 4.23. The van der Waals surface area contributed by atoms with Gasteiger partial charge >= 0.3 is 0 Å². The topological polar surface area (TPSA) is 18.5 Å². The molecule has 0 amide bonds. The van der Waals surface area contributed by atoms with Crippen LogP contribution in [0.2, 0.25) is 0 Å². The molecule has 17 heavy (non-hydrogen) atoms. The molecule has 1 rings (SSSR count). The molecule has 0 aromatic carbocycles. The quantitative estimate of drug-likeness (QED) is 0.763. The summed E-state index contributed by atoms with van der Waals surface area (Å²) in [7, 11) is 4.40. The van der Waals surface area contributed by atoms with Crippen LogP contribution < -0.4 is 5.32 Å². The molecule has 1 fully saturated rings. The van der Waals surface area contributed by atoms with Crippen LogP contribution in [0, 0.1) is 5.92 Å². The third kappa shape index (κ3) is 4.57. The van der Waals surface area contributed by atoms with E-state index < -0.39 is 0 Å². The van der Waals surface area contributed by atoms with Crippen molar-refractivity contribution < 1.29 is 0 Å². The maximum atomic E-state index is 3.64. The highest BCUT2D eigenvalue weighted by Crippen LogP contribution is 2.19. The van der Waals surface area contributed by atoms with E-state index in [9.17, 15) is 0 Å². The lowest BCUT2D eigenvalue weighted by atomic mass is 10.0. The van der Waals surface area contributed by atoms with E-state index in [2.05, 4.69) is 56.9 Å². The van der Waals surface area contributed by atoms with Crippen LogP contribution >= 0.6 is 0 Å². The van der Waals surface area contributed by atoms with Crippen molar-refractivity contribution in [2.24, 2.45) is 5.92 Å². The van der Waals surface area contributed by atoms with Crippen LogP contribution in [0.25, 0.3) is 0 Å². The molecular weight excluding hydrogens is 210 g/mol. The molecule has 3 nitrogen and oxygen atoms in total. The summed E-state index contributed by atoms with van der Waals surface area (Å²) in [6.45, 7) is 13.9. The zero-order valence-corrected chi connectivity index (χ0v) is 12.6. The van der Waals surface area contributed by atoms with Gasteiger partial charge in [-0.15, -0.1) is 0 Å². The second-order valence-electron chi connectivity index (χ2n) is 6.43. The minimum Gasteiger partial charge on any atom is -0.311 e. The van der Waals surface area contributed by atoms with Crippen molar-refractivity contribution in [2.75, 3.05) is 40.3 Å². The van der Waals surface area contributed by atoms with Crippen molar-refractivity contribution in [2.45, 2.75) is 45.7 Å². The van der Waals surface area contributed by atoms with E-state index in [4.69, 9.17) is 0 Å². The van der Waals surface area contributed by atoms with Crippen LogP contribution in [-0.2, 0) is 0 Å². The van der Waals surface area contributed by atoms with Crippen LogP contribution in [0.15, 0.2) is 0 Å². The van der Waals surface area contributed by atoms with Gasteiger partial charge in [0.25, 0.3) is 0 Å². The monoisotopic (exact) mass is 241 g/mol. The first-order valence-electron chi connectivity index (χ1n) is 6.99. The molecule has 3 heteroatoms. The van der Waals surface area contributed by atoms with Crippen molar-refractivity contribution >= 4 is 0 Å². The molecule has 1 aliphatic heterocycles. The molecule has 1 aliphatic rings. The highest BCUT2D eigenvalue weighted by Gasteiger charge is 2.30. The predicted octanol–water partition coefficient (Wildman–Crippen LogP) is 1.65. The number of hydrogen-bond acceptors (Lipinski definition) is 3. The Morgan fingerprint density at radius 1 is 1.29 bits per heavy atom. The molecule has 102 valence electrons. The standard InChI is InChI=1S/C14H31N3/c1-7-14(3,4)15-8-9-17-10-12(2)13(11-17)16(5)6/h12-13,15H,7-11H2,1-6H3. The van der Waals surface area contributed by atoms with Crippen LogP contribution in [0.3, 0.4) is 0 Å². The van der Waals surface area contributed by atoms with E-state index in [1.807, 2.05) is 0 Å². The average Bonchev–Trinajstić information content (AvgIpc) is 2.59. The van der Waals surface area contributed by atoms with Crippen molar-refractivity contribution in [3.05, 3.63) is 0 Å². The van der Waals surface area contributed by atoms with Crippen LogP contribution in [-0.4, -0.2) is 61.7 Å². The van der Waals surface area contributed by atoms with Gasteiger partial charge in [-0.3, -0.25) is 0 Å². The SMILES string of the molecule is CCC(C)(C)NCCN1CC(C)C(N(C)C)C1. The van der Waals surface area contributed by atoms with E-state index >= 15 is 0 Å². The summed E-state index contributed by atoms with van der Waals surface area (Å²) in [5, 5.41) is 3.64. The maximum Gasteiger partial charge on any atom is 0.0254 e. The van der Waals surface area contributed by atoms with Gasteiger partial charge in [0.1, 0.15) is 0 Å². The van der Waals surface area contributed by atoms with Gasteiger partial charge in [-0.2, -0.15) is 0 Å². The van der Waals surface area contributed by atoms with Gasteiger partial charge in [0.15, 0.2) is 0 Å². The van der Waals surface area contributed by atoms with Crippen LogP contribution in [0.4, 0.5) is 0 Å². The molecule has 0 aromatic heterocycles. The Morgan fingerprint density at radius 3 is 2.41 bits per heavy atom. The van der Waals surface area contributed by atoms with Crippen molar-refractivity contribution in [1.82, 2.24) is 15.1 Å². The van der Waals surface area contributed by atoms with Gasteiger partial charge in [0.2, 0.25) is 0 Å². The fourth-order valence-electron chi connectivity index (χ4n) is 2.58. The van der Waals surface area contributed by atoms with E-state index in [-0.39, 0.29) is 5.54 Å². The van der Waals surface area contributed by atoms with Gasteiger partial charge in [0, 0.05) is 37.8 Å². The first-order chi connectivity index (χ1) is 7.85. The fourth-order valence-corrected chi connectivity index (χ4v) is 2.58. The number of likely N-dealkylation sites (tertiary alicyclic amines) is 1. The second kappa shape index (κ2) is 6.17. The number of hydrogen-bond donors (Lipinski definition) is 1. The number of nitrogens with zero attached hydrogens (tertiary/aromatic N) is 2. The molecule has 1 N–H and O–H groups in total. The van der Waals surface area contributed by atoms with Gasteiger partial charge < -0.3 is 15.1 Å². The van der Waals surface area contributed by atoms with Crippen LogP contribution in [0.5, 0.6) is 0 Å². The fraction of sp³-hybridized carbons (Fsp3) is 1.00. The van der Waals surface area contributed by atoms with Gasteiger partial charge in [-0.1, -0.05) is 13.8 Å². The number of nitrogens with one attached hydrogen (secondary N) is 1. The van der Waals surface area contributed by atoms with E-state index in [0.717, 1.165) is 18.5 Å². The summed E-state index contributed by atoms with van der Waals surface area (Å²) >= 11 is 0. The largest absolute Gasteiger partial charge is 0.311 e. The number of rotatable bonds is 6. The molecule has 2 atom stereocenters. The minimum absolute atomic E-state index is 0.284. The molecule has 0 saturated carbocycles. The molecule has 1 saturated heterocycles. The van der Waals surface area contributed by atoms with Crippen molar-refractivity contribution in [1.29, 1.82) is 0 Å². The summed E-state index contributed by atoms with van der Waals surface area (Å²) in [4.78, 5) is 4.96. The lowest BCUT2D eigenvalue weighted by molar-refractivity contribution is 0.248. The number of likely N-dealkylation sites (N-methyl/N-ethyl adjacent to an activating group) is 1. The average molecular weight is 241 g/mol. The zero-order chi connectivity index (χ0) is 13.1. The van der Waals surface area contributed by atoms with E-state index in [1.54, 1.807) is 0 Å². The Balaban J connectivity index is 2.26. The smallest absolute Gasteiger partial charge is 0.0254 e. The Morgan fingerprint density at radius 2 is 1.94 bits per heavy atom. The van der Waals surface area contributed by atoms with Gasteiger partial charge in [-0.25, -0.2) is 0 Å². The summed E-state index contributed by atoms with van der Waals surface area (Å²) < 4.78 is 0. The first kappa shape index (κ1) is 14.9. The Kier molecular flexibility index (Phi) is 5.42. The molecular formula is C14H31N3. The van der Waals surface area contributed by atoms with Crippen molar-refractivity contribution in [3.63, 3.8) is 0 Å². The lowest BCUT2D eigenvalue weighted by Gasteiger charge is -2.26. The van der Waals surface area contributed by atoms with Crippen LogP contribution in [0.1, 0.15) is 34.1 Å². The lowest BCUT2D eigenvalue weighted by Crippen LogP contribution is -2.43. The molecule has 0 spiro atoms. The summed E-state index contributed by atoms with van der Waals surface area (Å²) in [5.74, 6) is 0.796. The third-order valence-electron chi connectivity index (χ3n) is 4.23. The predicted molar refractivity (Wildman–Crippen MR) is 75.5 cm³/mol. The highest BCUT2D eigenvalue weighted by atomic mass is 15.2. The van der Waals surface area contributed by atoms with E-state index in [1.165, 1.54) is 26.1 Å². The Bertz CT molecular complexity index is 226. The van der Waals surface area contributed by atoms with Gasteiger partial charge in [-0.05, 0) is 40.3 Å². The van der Waals surface area contributed by atoms with E-state index in [0.29, 0.717) is 0 Å². The molecule has 1 heterocycles. The zero-order valence-electron chi connectivity index (χ0n) is 12.6. The second-order valence-corrected chi connectivity index (χ2v) is 6.43. The normalized spacial score (nSPS) is 27.0. The first-order valence-corrected chi connectivity index (χ1v) is 6.99. The Hall–Kier alpha value is -0.120. The van der Waals surface area contributed by atoms with Gasteiger partial charge in [0.05, 0.1) is 0 Å². The molecule has 0 aromatic rings. The molecule has 2 unspecified atom stereocenters. The molecule has 0 bridgehead atoms. The minimum atomic E-state index is 0.284.